The number of pyridine rings is 1. The minimum absolute atomic E-state index is 0.100. The third-order valence-corrected chi connectivity index (χ3v) is 15.6. The number of carbonyl (C=O) groups excluding carboxylic acids is 2. The van der Waals surface area contributed by atoms with Crippen molar-refractivity contribution in [2.75, 3.05) is 35.8 Å². The van der Waals surface area contributed by atoms with Crippen molar-refractivity contribution in [2.45, 2.75) is 108 Å². The molecule has 5 heterocycles. The molecule has 2 saturated heterocycles. The lowest BCUT2D eigenvalue weighted by molar-refractivity contribution is -0.134. The predicted octanol–water partition coefficient (Wildman–Crippen LogP) is 7.43. The fourth-order valence-electron chi connectivity index (χ4n) is 9.48. The van der Waals surface area contributed by atoms with E-state index >= 15 is 4.39 Å². The highest BCUT2D eigenvalue weighted by Gasteiger charge is 2.40. The number of aromatic nitrogens is 4. The van der Waals surface area contributed by atoms with Gasteiger partial charge < -0.3 is 15.4 Å². The number of nitrogen functional groups attached to an aromatic ring is 1. The van der Waals surface area contributed by atoms with Crippen molar-refractivity contribution in [1.29, 1.82) is 0 Å². The molecule has 2 saturated carbocycles. The van der Waals surface area contributed by atoms with Crippen molar-refractivity contribution in [1.82, 2.24) is 30.2 Å². The number of likely N-dealkylation sites (tertiary alicyclic amines) is 1. The van der Waals surface area contributed by atoms with Gasteiger partial charge in [-0.1, -0.05) is 19.1 Å². The minimum Gasteiger partial charge on any atom is -0.474 e. The Morgan fingerprint density at radius 2 is 1.76 bits per heavy atom. The molecular weight excluding hydrogens is 792 g/mol. The van der Waals surface area contributed by atoms with Crippen molar-refractivity contribution < 1.29 is 27.1 Å². The third kappa shape index (κ3) is 9.60. The second kappa shape index (κ2) is 17.6. The van der Waals surface area contributed by atoms with Crippen molar-refractivity contribution in [3.8, 4) is 27.7 Å². The number of rotatable bonds is 12. The molecule has 3 aromatic heterocycles. The number of hydrogen-bond acceptors (Lipinski definition) is 12. The number of halogens is 1. The molecule has 4 N–H and O–H groups in total. The van der Waals surface area contributed by atoms with E-state index in [2.05, 4.69) is 29.9 Å². The van der Waals surface area contributed by atoms with E-state index < -0.39 is 15.8 Å². The molecule has 0 bridgehead atoms. The molecule has 314 valence electrons. The Morgan fingerprint density at radius 3 is 2.46 bits per heavy atom. The van der Waals surface area contributed by atoms with Crippen LogP contribution in [0.1, 0.15) is 113 Å². The molecule has 2 aliphatic heterocycles. The minimum atomic E-state index is -3.70. The maximum atomic E-state index is 16.1. The Hall–Kier alpha value is -4.54. The van der Waals surface area contributed by atoms with Gasteiger partial charge in [0, 0.05) is 42.9 Å². The molecule has 8 rings (SSSR count). The number of hydrogen-bond donors (Lipinski definition) is 3. The molecule has 2 amide bonds. The largest absolute Gasteiger partial charge is 0.474 e. The van der Waals surface area contributed by atoms with E-state index in [-0.39, 0.29) is 52.7 Å². The van der Waals surface area contributed by atoms with Gasteiger partial charge in [0.05, 0.1) is 38.6 Å². The van der Waals surface area contributed by atoms with Crippen LogP contribution in [0.2, 0.25) is 0 Å². The molecule has 1 aromatic carbocycles. The van der Waals surface area contributed by atoms with Crippen LogP contribution in [0.4, 0.5) is 16.0 Å². The van der Waals surface area contributed by atoms with Crippen LogP contribution in [0, 0.1) is 17.2 Å². The molecule has 4 aromatic rings. The second-order valence-corrected chi connectivity index (χ2v) is 19.8. The number of imide groups is 1. The molecule has 4 fully saturated rings. The topological polar surface area (TPSA) is 182 Å². The van der Waals surface area contributed by atoms with Gasteiger partial charge in [0.2, 0.25) is 33.7 Å². The number of nitrogens with two attached hydrogens (primary N) is 1. The molecule has 16 heteroatoms. The lowest BCUT2D eigenvalue weighted by atomic mass is 9.65. The highest BCUT2D eigenvalue weighted by Crippen LogP contribution is 2.51. The number of piperidine rings is 2. The molecule has 2 aliphatic carbocycles. The standard InChI is InChI=1S/C43H53FN8O5S2/c1-2-24-59(55,56)51-33-5-3-4-32(37(33)44)38-39(34-16-21-46-42(45)48-34)58-41(50-38)28-14-17-43(18-15-28)19-22-52(23-20-43)26-27-6-9-30(10-7-27)57-36-13-8-29(25-47-36)31-11-12-35(53)49-40(31)54/h3-5,8,13,16,21,25,27-28,30-31,51H,2,6-7,9-12,14-15,17-20,22-24,26H2,1H3,(H2,45,46,48)(H,49,53,54). The number of nitrogens with one attached hydrogen (secondary N) is 2. The Labute approximate surface area is 349 Å². The van der Waals surface area contributed by atoms with Gasteiger partial charge in [-0.3, -0.25) is 19.6 Å². The Kier molecular flexibility index (Phi) is 12.3. The SMILES string of the molecule is CCCS(=O)(=O)Nc1cccc(-c2nc(C3CCC4(CC3)CCN(CC3CCC(Oc5ccc(C6CCC(=O)NC6=O)cn5)CC3)CC4)sc2-c2ccnc(N)n2)c1F. The molecule has 1 atom stereocenters. The van der Waals surface area contributed by atoms with E-state index in [1.807, 2.05) is 12.1 Å². The highest BCUT2D eigenvalue weighted by atomic mass is 32.2. The predicted molar refractivity (Wildman–Crippen MR) is 226 cm³/mol. The fourth-order valence-corrected chi connectivity index (χ4v) is 11.8. The number of nitrogens with zero attached hydrogens (tertiary/aromatic N) is 5. The van der Waals surface area contributed by atoms with Gasteiger partial charge >= 0.3 is 0 Å². The molecule has 0 radical (unpaired) electrons. The summed E-state index contributed by atoms with van der Waals surface area (Å²) in [6.45, 7) is 5.12. The lowest BCUT2D eigenvalue weighted by Crippen LogP contribution is -2.44. The zero-order valence-corrected chi connectivity index (χ0v) is 35.1. The maximum absolute atomic E-state index is 16.1. The molecule has 1 spiro atoms. The van der Waals surface area contributed by atoms with Gasteiger partial charge in [0.15, 0.2) is 5.82 Å². The zero-order valence-electron chi connectivity index (χ0n) is 33.5. The number of anilines is 2. The normalized spacial score (nSPS) is 22.9. The van der Waals surface area contributed by atoms with Gasteiger partial charge in [-0.15, -0.1) is 11.3 Å². The number of amides is 2. The smallest absolute Gasteiger partial charge is 0.234 e. The summed E-state index contributed by atoms with van der Waals surface area (Å²) in [5, 5.41) is 3.36. The molecule has 13 nitrogen and oxygen atoms in total. The molecule has 59 heavy (non-hydrogen) atoms. The zero-order chi connectivity index (χ0) is 41.1. The van der Waals surface area contributed by atoms with E-state index in [9.17, 15) is 18.0 Å². The van der Waals surface area contributed by atoms with Gasteiger partial charge in [0.1, 0.15) is 6.10 Å². The number of sulfonamides is 1. The van der Waals surface area contributed by atoms with E-state index in [0.717, 1.165) is 81.6 Å². The van der Waals surface area contributed by atoms with Crippen molar-refractivity contribution in [2.24, 2.45) is 11.3 Å². The van der Waals surface area contributed by atoms with Crippen molar-refractivity contribution >= 4 is 44.8 Å². The van der Waals surface area contributed by atoms with Crippen LogP contribution >= 0.6 is 11.3 Å². The number of carbonyl (C=O) groups is 2. The Bertz CT molecular complexity index is 2250. The van der Waals surface area contributed by atoms with Crippen LogP contribution in [0.25, 0.3) is 21.8 Å². The molecule has 1 unspecified atom stereocenters. The van der Waals surface area contributed by atoms with Crippen LogP contribution in [0.3, 0.4) is 0 Å². The summed E-state index contributed by atoms with van der Waals surface area (Å²) >= 11 is 1.51. The molecule has 4 aliphatic rings. The van der Waals surface area contributed by atoms with Crippen LogP contribution in [-0.2, 0) is 19.6 Å². The van der Waals surface area contributed by atoms with Crippen LogP contribution in [0.5, 0.6) is 5.88 Å². The summed E-state index contributed by atoms with van der Waals surface area (Å²) in [4.78, 5) is 45.2. The third-order valence-electron chi connectivity index (χ3n) is 12.9. The second-order valence-electron chi connectivity index (χ2n) is 16.9. The maximum Gasteiger partial charge on any atom is 0.234 e. The fraction of sp³-hybridized carbons (Fsp3) is 0.535. The summed E-state index contributed by atoms with van der Waals surface area (Å²) in [5.74, 6) is -0.00318. The van der Waals surface area contributed by atoms with Crippen molar-refractivity contribution in [3.05, 3.63) is 65.2 Å². The Morgan fingerprint density at radius 1 is 0.983 bits per heavy atom. The van der Waals surface area contributed by atoms with Crippen LogP contribution in [-0.4, -0.2) is 76.6 Å². The first-order valence-corrected chi connectivity index (χ1v) is 23.5. The summed E-state index contributed by atoms with van der Waals surface area (Å²) in [6, 6.07) is 10.2. The lowest BCUT2D eigenvalue weighted by Gasteiger charge is -2.46. The number of benzene rings is 1. The van der Waals surface area contributed by atoms with E-state index in [1.54, 1.807) is 37.5 Å². The quantitative estimate of drug-likeness (QED) is 0.121. The monoisotopic (exact) mass is 844 g/mol. The first kappa shape index (κ1) is 41.2. The number of thiazole rings is 1. The summed E-state index contributed by atoms with van der Waals surface area (Å²) in [5.41, 5.74) is 8.22. The van der Waals surface area contributed by atoms with Crippen molar-refractivity contribution in [3.63, 3.8) is 0 Å². The summed E-state index contributed by atoms with van der Waals surface area (Å²) < 4.78 is 49.9. The van der Waals surface area contributed by atoms with Gasteiger partial charge in [0.25, 0.3) is 0 Å². The van der Waals surface area contributed by atoms with Gasteiger partial charge in [-0.05, 0) is 125 Å². The molecular formula is C43H53FN8O5S2. The Balaban J connectivity index is 0.842. The summed E-state index contributed by atoms with van der Waals surface area (Å²) in [7, 11) is -3.70. The first-order valence-electron chi connectivity index (χ1n) is 21.0. The van der Waals surface area contributed by atoms with Gasteiger partial charge in [-0.2, -0.15) is 0 Å². The van der Waals surface area contributed by atoms with Gasteiger partial charge in [-0.25, -0.2) is 32.7 Å². The van der Waals surface area contributed by atoms with E-state index in [4.69, 9.17) is 15.5 Å². The van der Waals surface area contributed by atoms with E-state index in [1.165, 1.54) is 30.2 Å². The number of ether oxygens (including phenoxy) is 1. The summed E-state index contributed by atoms with van der Waals surface area (Å²) in [6.07, 6.45) is 15.6. The van der Waals surface area contributed by atoms with Crippen LogP contribution < -0.4 is 20.5 Å². The highest BCUT2D eigenvalue weighted by molar-refractivity contribution is 7.92. The van der Waals surface area contributed by atoms with Crippen LogP contribution in [0.15, 0.2) is 48.8 Å². The van der Waals surface area contributed by atoms with E-state index in [0.29, 0.717) is 52.7 Å². The average Bonchev–Trinajstić information content (AvgIpc) is 3.66. The first-order chi connectivity index (χ1) is 28.5. The average molecular weight is 845 g/mol.